The van der Waals surface area contributed by atoms with E-state index in [1.54, 1.807) is 6.07 Å². The molecule has 0 atom stereocenters. The second kappa shape index (κ2) is 6.87. The van der Waals surface area contributed by atoms with Crippen molar-refractivity contribution < 1.29 is 23.1 Å². The van der Waals surface area contributed by atoms with Gasteiger partial charge in [-0.1, -0.05) is 6.07 Å². The fourth-order valence-electron chi connectivity index (χ4n) is 1.99. The van der Waals surface area contributed by atoms with E-state index in [1.165, 1.54) is 32.2 Å². The third-order valence-electron chi connectivity index (χ3n) is 2.96. The number of carbonyl (C=O) groups is 2. The molecule has 2 aromatic rings. The van der Waals surface area contributed by atoms with E-state index in [0.717, 1.165) is 12.1 Å². The van der Waals surface area contributed by atoms with Crippen LogP contribution in [0.15, 0.2) is 36.4 Å². The van der Waals surface area contributed by atoms with Gasteiger partial charge in [0.05, 0.1) is 12.8 Å². The van der Waals surface area contributed by atoms with Crippen molar-refractivity contribution in [3.05, 3.63) is 53.6 Å². The number of rotatable bonds is 4. The lowest BCUT2D eigenvalue weighted by Crippen LogP contribution is -2.16. The molecule has 0 aliphatic rings. The number of halogens is 2. The number of amides is 2. The highest BCUT2D eigenvalue weighted by Crippen LogP contribution is 2.28. The zero-order valence-corrected chi connectivity index (χ0v) is 12.4. The maximum atomic E-state index is 13.6. The van der Waals surface area contributed by atoms with Crippen molar-refractivity contribution in [2.24, 2.45) is 0 Å². The van der Waals surface area contributed by atoms with E-state index in [-0.39, 0.29) is 17.3 Å². The van der Waals surface area contributed by atoms with E-state index in [4.69, 9.17) is 4.74 Å². The summed E-state index contributed by atoms with van der Waals surface area (Å²) in [4.78, 5) is 23.2. The molecule has 0 aliphatic carbocycles. The molecule has 0 fully saturated rings. The molecule has 0 heterocycles. The van der Waals surface area contributed by atoms with Crippen molar-refractivity contribution in [2.45, 2.75) is 6.92 Å². The van der Waals surface area contributed by atoms with Gasteiger partial charge in [-0.15, -0.1) is 0 Å². The maximum Gasteiger partial charge on any atom is 0.261 e. The molecule has 2 amide bonds. The highest BCUT2D eigenvalue weighted by atomic mass is 19.1. The number of benzene rings is 2. The summed E-state index contributed by atoms with van der Waals surface area (Å²) in [5, 5.41) is 4.92. The molecule has 0 radical (unpaired) electrons. The fourth-order valence-corrected chi connectivity index (χ4v) is 1.99. The summed E-state index contributed by atoms with van der Waals surface area (Å²) in [7, 11) is 1.38. The first kappa shape index (κ1) is 16.4. The molecule has 2 aromatic carbocycles. The van der Waals surface area contributed by atoms with Crippen molar-refractivity contribution in [3.63, 3.8) is 0 Å². The van der Waals surface area contributed by atoms with Gasteiger partial charge in [0, 0.05) is 12.6 Å². The zero-order valence-electron chi connectivity index (χ0n) is 12.4. The molecule has 0 unspecified atom stereocenters. The van der Waals surface area contributed by atoms with Crippen molar-refractivity contribution in [1.82, 2.24) is 0 Å². The van der Waals surface area contributed by atoms with Crippen molar-refractivity contribution >= 4 is 23.2 Å². The van der Waals surface area contributed by atoms with Gasteiger partial charge in [0.25, 0.3) is 5.91 Å². The van der Waals surface area contributed by atoms with Crippen LogP contribution in [0.4, 0.5) is 20.2 Å². The largest absolute Gasteiger partial charge is 0.495 e. The maximum absolute atomic E-state index is 13.6. The van der Waals surface area contributed by atoms with Gasteiger partial charge in [0.1, 0.15) is 22.9 Å². The minimum atomic E-state index is -0.973. The summed E-state index contributed by atoms with van der Waals surface area (Å²) in [6, 6.07) is 7.65. The van der Waals surface area contributed by atoms with E-state index in [9.17, 15) is 18.4 Å². The molecule has 5 nitrogen and oxygen atoms in total. The molecule has 7 heteroatoms. The van der Waals surface area contributed by atoms with Crippen LogP contribution in [0.5, 0.6) is 5.75 Å². The van der Waals surface area contributed by atoms with E-state index >= 15 is 0 Å². The Morgan fingerprint density at radius 3 is 2.26 bits per heavy atom. The quantitative estimate of drug-likeness (QED) is 0.909. The van der Waals surface area contributed by atoms with Gasteiger partial charge in [-0.3, -0.25) is 9.59 Å². The normalized spacial score (nSPS) is 10.1. The molecule has 23 heavy (non-hydrogen) atoms. The molecular weight excluding hydrogens is 306 g/mol. The third kappa shape index (κ3) is 3.82. The molecule has 0 saturated heterocycles. The second-order valence-electron chi connectivity index (χ2n) is 4.65. The first-order valence-electron chi connectivity index (χ1n) is 6.63. The van der Waals surface area contributed by atoms with Crippen LogP contribution in [0.1, 0.15) is 17.3 Å². The topological polar surface area (TPSA) is 67.4 Å². The van der Waals surface area contributed by atoms with Gasteiger partial charge in [0.15, 0.2) is 0 Å². The van der Waals surface area contributed by atoms with E-state index in [2.05, 4.69) is 10.6 Å². The fraction of sp³-hybridized carbons (Fsp3) is 0.125. The van der Waals surface area contributed by atoms with Crippen LogP contribution < -0.4 is 15.4 Å². The highest BCUT2D eigenvalue weighted by Gasteiger charge is 2.18. The van der Waals surface area contributed by atoms with Crippen LogP contribution in [0.2, 0.25) is 0 Å². The van der Waals surface area contributed by atoms with Gasteiger partial charge in [-0.05, 0) is 30.3 Å². The second-order valence-corrected chi connectivity index (χ2v) is 4.65. The van der Waals surface area contributed by atoms with E-state index in [0.29, 0.717) is 5.69 Å². The average molecular weight is 320 g/mol. The Labute approximate surface area is 131 Å². The van der Waals surface area contributed by atoms with Crippen LogP contribution in [0.3, 0.4) is 0 Å². The van der Waals surface area contributed by atoms with Crippen LogP contribution in [0.25, 0.3) is 0 Å². The summed E-state index contributed by atoms with van der Waals surface area (Å²) >= 11 is 0. The smallest absolute Gasteiger partial charge is 0.261 e. The molecule has 2 rings (SSSR count). The SMILES string of the molecule is COc1ccc(NC(C)=O)cc1NC(=O)c1c(F)cccc1F. The monoisotopic (exact) mass is 320 g/mol. The number of nitrogens with one attached hydrogen (secondary N) is 2. The number of anilines is 2. The minimum absolute atomic E-state index is 0.173. The molecule has 0 saturated carbocycles. The first-order chi connectivity index (χ1) is 10.9. The van der Waals surface area contributed by atoms with Crippen molar-refractivity contribution in [3.8, 4) is 5.75 Å². The van der Waals surface area contributed by atoms with Crippen molar-refractivity contribution in [1.29, 1.82) is 0 Å². The number of hydrogen-bond donors (Lipinski definition) is 2. The van der Waals surface area contributed by atoms with Gasteiger partial charge in [0.2, 0.25) is 5.91 Å². The predicted octanol–water partition coefficient (Wildman–Crippen LogP) is 3.18. The van der Waals surface area contributed by atoms with Gasteiger partial charge in [-0.2, -0.15) is 0 Å². The van der Waals surface area contributed by atoms with E-state index < -0.39 is 23.1 Å². The average Bonchev–Trinajstić information content (AvgIpc) is 2.46. The van der Waals surface area contributed by atoms with Crippen molar-refractivity contribution in [2.75, 3.05) is 17.7 Å². The Kier molecular flexibility index (Phi) is 4.90. The predicted molar refractivity (Wildman–Crippen MR) is 81.6 cm³/mol. The standard InChI is InChI=1S/C16H14F2N2O3/c1-9(21)19-10-6-7-14(23-2)13(8-10)20-16(22)15-11(17)4-3-5-12(15)18/h3-8H,1-2H3,(H,19,21)(H,20,22). The third-order valence-corrected chi connectivity index (χ3v) is 2.96. The molecule has 120 valence electrons. The Balaban J connectivity index is 2.34. The number of methoxy groups -OCH3 is 1. The van der Waals surface area contributed by atoms with Gasteiger partial charge in [-0.25, -0.2) is 8.78 Å². The number of carbonyl (C=O) groups excluding carboxylic acids is 2. The summed E-state index contributed by atoms with van der Waals surface area (Å²) in [6.45, 7) is 1.33. The van der Waals surface area contributed by atoms with E-state index in [1.807, 2.05) is 0 Å². The lowest BCUT2D eigenvalue weighted by Gasteiger charge is -2.13. The summed E-state index contributed by atoms with van der Waals surface area (Å²) in [6.07, 6.45) is 0. The lowest BCUT2D eigenvalue weighted by molar-refractivity contribution is -0.114. The number of hydrogen-bond acceptors (Lipinski definition) is 3. The Morgan fingerprint density at radius 1 is 1.04 bits per heavy atom. The van der Waals surface area contributed by atoms with Gasteiger partial charge >= 0.3 is 0 Å². The Morgan fingerprint density at radius 2 is 1.70 bits per heavy atom. The summed E-state index contributed by atoms with van der Waals surface area (Å²) in [5.41, 5.74) is -0.117. The van der Waals surface area contributed by atoms with Crippen LogP contribution >= 0.6 is 0 Å². The molecule has 0 spiro atoms. The molecule has 0 bridgehead atoms. The van der Waals surface area contributed by atoms with Crippen LogP contribution in [-0.2, 0) is 4.79 Å². The Hall–Kier alpha value is -2.96. The van der Waals surface area contributed by atoms with Crippen LogP contribution in [0, 0.1) is 11.6 Å². The highest BCUT2D eigenvalue weighted by molar-refractivity contribution is 6.06. The Bertz CT molecular complexity index is 743. The van der Waals surface area contributed by atoms with Crippen LogP contribution in [-0.4, -0.2) is 18.9 Å². The molecule has 2 N–H and O–H groups in total. The molecular formula is C16H14F2N2O3. The minimum Gasteiger partial charge on any atom is -0.495 e. The lowest BCUT2D eigenvalue weighted by atomic mass is 10.1. The van der Waals surface area contributed by atoms with Gasteiger partial charge < -0.3 is 15.4 Å². The summed E-state index contributed by atoms with van der Waals surface area (Å²) in [5.74, 6) is -2.92. The zero-order chi connectivity index (χ0) is 17.0. The molecule has 0 aromatic heterocycles. The summed E-state index contributed by atoms with van der Waals surface area (Å²) < 4.78 is 32.4. The first-order valence-corrected chi connectivity index (χ1v) is 6.63. The molecule has 0 aliphatic heterocycles. The number of ether oxygens (including phenoxy) is 1.